The Balaban J connectivity index is 2.30. The molecule has 1 saturated carbocycles. The molecule has 0 amide bonds. The van der Waals surface area contributed by atoms with Crippen molar-refractivity contribution in [1.82, 2.24) is 4.57 Å². The van der Waals surface area contributed by atoms with Crippen molar-refractivity contribution in [3.63, 3.8) is 0 Å². The van der Waals surface area contributed by atoms with Gasteiger partial charge in [0, 0.05) is 12.2 Å². The maximum atomic E-state index is 12.2. The second-order valence-corrected chi connectivity index (χ2v) is 7.16. The topological polar surface area (TPSA) is 91.4 Å². The summed E-state index contributed by atoms with van der Waals surface area (Å²) in [6, 6.07) is 1.46. The van der Waals surface area contributed by atoms with Crippen LogP contribution in [0, 0.1) is 5.92 Å². The second-order valence-electron chi connectivity index (χ2n) is 5.60. The fourth-order valence-electron chi connectivity index (χ4n) is 1.79. The van der Waals surface area contributed by atoms with E-state index in [4.69, 9.17) is 9.88 Å². The van der Waals surface area contributed by atoms with Gasteiger partial charge in [-0.2, -0.15) is 0 Å². The Kier molecular flexibility index (Phi) is 3.93. The average molecular weight is 300 g/mol. The number of carbonyl (C=O) groups is 1. The van der Waals surface area contributed by atoms with Crippen molar-refractivity contribution in [2.24, 2.45) is 11.1 Å². The van der Waals surface area contributed by atoms with E-state index in [1.165, 1.54) is 12.3 Å². The molecule has 112 valence electrons. The van der Waals surface area contributed by atoms with E-state index in [1.54, 1.807) is 4.57 Å². The first-order chi connectivity index (χ1) is 9.20. The third kappa shape index (κ3) is 3.21. The molecule has 0 bridgehead atoms. The van der Waals surface area contributed by atoms with Gasteiger partial charge in [0.2, 0.25) is 10.0 Å². The van der Waals surface area contributed by atoms with Gasteiger partial charge in [0.1, 0.15) is 16.7 Å². The lowest BCUT2D eigenvalue weighted by Crippen LogP contribution is -2.21. The van der Waals surface area contributed by atoms with E-state index in [0.29, 0.717) is 0 Å². The van der Waals surface area contributed by atoms with Crippen molar-refractivity contribution >= 4 is 16.0 Å². The number of nitrogens with zero attached hydrogens (tertiary/aromatic N) is 1. The average Bonchev–Trinajstić information content (AvgIpc) is 3.05. The molecule has 1 aromatic heterocycles. The van der Waals surface area contributed by atoms with Crippen molar-refractivity contribution in [1.29, 1.82) is 0 Å². The maximum Gasteiger partial charge on any atom is 0.355 e. The van der Waals surface area contributed by atoms with E-state index in [2.05, 4.69) is 0 Å². The quantitative estimate of drug-likeness (QED) is 0.837. The largest absolute Gasteiger partial charge is 0.458 e. The summed E-state index contributed by atoms with van der Waals surface area (Å²) in [6.45, 7) is 5.72. The van der Waals surface area contributed by atoms with E-state index in [1.807, 2.05) is 20.8 Å². The molecule has 1 aliphatic rings. The first kappa shape index (κ1) is 15.1. The molecule has 0 spiro atoms. The van der Waals surface area contributed by atoms with E-state index in [-0.39, 0.29) is 28.7 Å². The van der Waals surface area contributed by atoms with Crippen LogP contribution in [0.1, 0.15) is 50.1 Å². The smallest absolute Gasteiger partial charge is 0.355 e. The lowest BCUT2D eigenvalue weighted by atomic mass is 10.1. The van der Waals surface area contributed by atoms with Crippen LogP contribution < -0.4 is 5.14 Å². The number of carbonyl (C=O) groups excluding carboxylic acids is 1. The molecule has 20 heavy (non-hydrogen) atoms. The summed E-state index contributed by atoms with van der Waals surface area (Å²) < 4.78 is 29.8. The predicted molar refractivity (Wildman–Crippen MR) is 73.8 cm³/mol. The minimum Gasteiger partial charge on any atom is -0.458 e. The molecule has 0 saturated heterocycles. The van der Waals surface area contributed by atoms with E-state index in [0.717, 1.165) is 12.8 Å². The lowest BCUT2D eigenvalue weighted by molar-refractivity contribution is 0.0225. The molecule has 0 aliphatic heterocycles. The Hall–Kier alpha value is -1.34. The van der Waals surface area contributed by atoms with Crippen LogP contribution in [0.3, 0.4) is 0 Å². The normalized spacial score (nSPS) is 17.2. The van der Waals surface area contributed by atoms with Gasteiger partial charge < -0.3 is 9.30 Å². The number of hydrogen-bond donors (Lipinski definition) is 1. The second kappa shape index (κ2) is 5.21. The molecule has 6 nitrogen and oxygen atoms in total. The number of primary sulfonamides is 1. The zero-order valence-corrected chi connectivity index (χ0v) is 12.7. The van der Waals surface area contributed by atoms with Crippen LogP contribution in [0.25, 0.3) is 0 Å². The van der Waals surface area contributed by atoms with Gasteiger partial charge in [-0.3, -0.25) is 0 Å². The van der Waals surface area contributed by atoms with Crippen molar-refractivity contribution in [3.8, 4) is 0 Å². The fraction of sp³-hybridized carbons (Fsp3) is 0.615. The van der Waals surface area contributed by atoms with Gasteiger partial charge in [0.25, 0.3) is 0 Å². The standard InChI is InChI=1S/C13H20N2O4S/c1-8(2)9(3)19-13(16)12-6-11(20(14,17)18)7-15(12)10-4-5-10/h6-10H,4-5H2,1-3H3,(H2,14,17,18). The number of hydrogen-bond acceptors (Lipinski definition) is 4. The molecule has 1 atom stereocenters. The van der Waals surface area contributed by atoms with Crippen molar-refractivity contribution in [2.75, 3.05) is 0 Å². The molecule has 0 aromatic carbocycles. The molecule has 2 N–H and O–H groups in total. The molecule has 7 heteroatoms. The molecular formula is C13H20N2O4S. The fourth-order valence-corrected chi connectivity index (χ4v) is 2.33. The van der Waals surface area contributed by atoms with Crippen LogP contribution in [0.4, 0.5) is 0 Å². The van der Waals surface area contributed by atoms with Gasteiger partial charge in [0.15, 0.2) is 0 Å². The Bertz CT molecular complexity index is 614. The first-order valence-corrected chi connectivity index (χ1v) is 8.20. The zero-order valence-electron chi connectivity index (χ0n) is 11.9. The minimum atomic E-state index is -3.82. The Morgan fingerprint density at radius 2 is 2.00 bits per heavy atom. The van der Waals surface area contributed by atoms with Crippen LogP contribution in [0.5, 0.6) is 0 Å². The summed E-state index contributed by atoms with van der Waals surface area (Å²) in [5.41, 5.74) is 0.254. The number of aromatic nitrogens is 1. The zero-order chi connectivity index (χ0) is 15.1. The number of sulfonamides is 1. The van der Waals surface area contributed by atoms with E-state index < -0.39 is 16.0 Å². The summed E-state index contributed by atoms with van der Waals surface area (Å²) in [4.78, 5) is 12.1. The van der Waals surface area contributed by atoms with Gasteiger partial charge in [-0.1, -0.05) is 13.8 Å². The summed E-state index contributed by atoms with van der Waals surface area (Å²) in [7, 11) is -3.82. The summed E-state index contributed by atoms with van der Waals surface area (Å²) in [5.74, 6) is -0.311. The highest BCUT2D eigenvalue weighted by Crippen LogP contribution is 2.37. The third-order valence-corrected chi connectivity index (χ3v) is 4.41. The SMILES string of the molecule is CC(C)C(C)OC(=O)c1cc(S(N)(=O)=O)cn1C1CC1. The molecule has 2 rings (SSSR count). The Labute approximate surface area is 119 Å². The molecule has 1 aromatic rings. The number of ether oxygens (including phenoxy) is 1. The highest BCUT2D eigenvalue weighted by atomic mass is 32.2. The van der Waals surface area contributed by atoms with Gasteiger partial charge >= 0.3 is 5.97 Å². The van der Waals surface area contributed by atoms with Crippen LogP contribution in [-0.2, 0) is 14.8 Å². The van der Waals surface area contributed by atoms with Crippen LogP contribution in [0.2, 0.25) is 0 Å². The number of rotatable bonds is 5. The van der Waals surface area contributed by atoms with E-state index >= 15 is 0 Å². The van der Waals surface area contributed by atoms with Gasteiger partial charge in [-0.25, -0.2) is 18.4 Å². The number of nitrogens with two attached hydrogens (primary N) is 1. The third-order valence-electron chi connectivity index (χ3n) is 3.53. The molecule has 1 fully saturated rings. The summed E-state index contributed by atoms with van der Waals surface area (Å²) in [5, 5.41) is 5.12. The molecule has 1 aliphatic carbocycles. The van der Waals surface area contributed by atoms with Gasteiger partial charge in [0.05, 0.1) is 0 Å². The molecule has 1 heterocycles. The summed E-state index contributed by atoms with van der Waals surface area (Å²) in [6.07, 6.45) is 3.05. The summed E-state index contributed by atoms with van der Waals surface area (Å²) >= 11 is 0. The Morgan fingerprint density at radius 3 is 2.45 bits per heavy atom. The predicted octanol–water partition coefficient (Wildman–Crippen LogP) is 1.67. The maximum absolute atomic E-state index is 12.2. The van der Waals surface area contributed by atoms with Gasteiger partial charge in [-0.05, 0) is 31.7 Å². The molecule has 0 radical (unpaired) electrons. The molecule has 1 unspecified atom stereocenters. The van der Waals surface area contributed by atoms with Gasteiger partial charge in [-0.15, -0.1) is 0 Å². The van der Waals surface area contributed by atoms with Crippen molar-refractivity contribution in [3.05, 3.63) is 18.0 Å². The Morgan fingerprint density at radius 1 is 1.40 bits per heavy atom. The van der Waals surface area contributed by atoms with E-state index in [9.17, 15) is 13.2 Å². The van der Waals surface area contributed by atoms with Crippen molar-refractivity contribution in [2.45, 2.75) is 50.7 Å². The minimum absolute atomic E-state index is 0.0476. The monoisotopic (exact) mass is 300 g/mol. The highest BCUT2D eigenvalue weighted by molar-refractivity contribution is 7.89. The van der Waals surface area contributed by atoms with Crippen molar-refractivity contribution < 1.29 is 17.9 Å². The first-order valence-electron chi connectivity index (χ1n) is 6.66. The van der Waals surface area contributed by atoms with Crippen LogP contribution in [-0.4, -0.2) is 25.1 Å². The van der Waals surface area contributed by atoms with Crippen LogP contribution in [0.15, 0.2) is 17.2 Å². The van der Waals surface area contributed by atoms with Crippen LogP contribution >= 0.6 is 0 Å². The lowest BCUT2D eigenvalue weighted by Gasteiger charge is -2.17. The molecular weight excluding hydrogens is 280 g/mol. The number of esters is 1. The highest BCUT2D eigenvalue weighted by Gasteiger charge is 2.31.